The molecule has 7 rings (SSSR count). The zero-order chi connectivity index (χ0) is 26.3. The number of imide groups is 2. The van der Waals surface area contributed by atoms with Crippen LogP contribution in [0.15, 0.2) is 24.3 Å². The Morgan fingerprint density at radius 2 is 0.842 bits per heavy atom. The van der Waals surface area contributed by atoms with E-state index in [9.17, 15) is 28.8 Å². The van der Waals surface area contributed by atoms with E-state index in [0.29, 0.717) is 26.2 Å². The Kier molecular flexibility index (Phi) is 5.39. The number of rotatable bonds is 6. The van der Waals surface area contributed by atoms with Gasteiger partial charge in [0, 0.05) is 52.1 Å². The minimum atomic E-state index is -0.250. The second-order valence-electron chi connectivity index (χ2n) is 11.9. The molecule has 0 aromatic heterocycles. The van der Waals surface area contributed by atoms with E-state index in [4.69, 9.17) is 0 Å². The first-order valence-electron chi connectivity index (χ1n) is 14.0. The molecule has 5 fully saturated rings. The second kappa shape index (κ2) is 8.61. The van der Waals surface area contributed by atoms with Crippen molar-refractivity contribution in [3.63, 3.8) is 0 Å². The van der Waals surface area contributed by atoms with Gasteiger partial charge in [-0.3, -0.25) is 38.6 Å². The Hall–Kier alpha value is -3.30. The molecule has 0 aromatic carbocycles. The van der Waals surface area contributed by atoms with Gasteiger partial charge in [0.25, 0.3) is 0 Å². The number of hydrogen-bond acceptors (Lipinski definition) is 6. The van der Waals surface area contributed by atoms with Crippen LogP contribution in [0.3, 0.4) is 0 Å². The molecule has 0 radical (unpaired) electrons. The average molecular weight is 521 g/mol. The molecule has 0 N–H and O–H groups in total. The van der Waals surface area contributed by atoms with Crippen LogP contribution >= 0.6 is 0 Å². The van der Waals surface area contributed by atoms with E-state index in [2.05, 4.69) is 24.3 Å². The number of allylic oxidation sites excluding steroid dienone is 4. The minimum absolute atomic E-state index is 0.0893. The fraction of sp³-hybridized carbons (Fsp3) is 0.643. The first-order chi connectivity index (χ1) is 18.3. The first-order valence-corrected chi connectivity index (χ1v) is 14.0. The third-order valence-corrected chi connectivity index (χ3v) is 10.2. The zero-order valence-corrected chi connectivity index (χ0v) is 21.2. The van der Waals surface area contributed by atoms with E-state index in [1.54, 1.807) is 9.80 Å². The number of carbonyl (C=O) groups excluding carboxylic acids is 6. The molecule has 2 saturated carbocycles. The van der Waals surface area contributed by atoms with Gasteiger partial charge in [0.1, 0.15) is 0 Å². The lowest BCUT2D eigenvalue weighted by Gasteiger charge is -2.35. The monoisotopic (exact) mass is 520 g/mol. The van der Waals surface area contributed by atoms with Crippen molar-refractivity contribution in [3.05, 3.63) is 24.3 Å². The van der Waals surface area contributed by atoms with E-state index in [1.165, 1.54) is 9.80 Å². The highest BCUT2D eigenvalue weighted by molar-refractivity contribution is 6.07. The maximum atomic E-state index is 12.8. The van der Waals surface area contributed by atoms with Crippen LogP contribution in [0.5, 0.6) is 0 Å². The highest BCUT2D eigenvalue weighted by atomic mass is 16.2. The molecule has 38 heavy (non-hydrogen) atoms. The van der Waals surface area contributed by atoms with Crippen molar-refractivity contribution >= 4 is 35.4 Å². The van der Waals surface area contributed by atoms with Gasteiger partial charge in [0.05, 0.1) is 23.7 Å². The molecular weight excluding hydrogens is 488 g/mol. The standard InChI is InChI=1S/C28H32N4O6/c33-19(5-7-31-25(35)21-15-1-2-16(13-15)22(21)26(31)36)29-9-11-30(12-10-29)20(34)6-8-32-27(37)23-17-3-4-18(14-17)24(23)28(32)38/h1-4,15-18,21-24H,5-14H2/t15-,16-,17-,18+,21-,22+,23-,24-/m0/s1. The van der Waals surface area contributed by atoms with E-state index in [0.717, 1.165) is 12.8 Å². The lowest BCUT2D eigenvalue weighted by Crippen LogP contribution is -2.51. The lowest BCUT2D eigenvalue weighted by molar-refractivity contribution is -0.145. The normalized spacial score (nSPS) is 38.3. The van der Waals surface area contributed by atoms with E-state index in [1.807, 2.05) is 0 Å². The molecule has 3 saturated heterocycles. The second-order valence-corrected chi connectivity index (χ2v) is 11.9. The largest absolute Gasteiger partial charge is 0.339 e. The third kappa shape index (κ3) is 3.37. The Balaban J connectivity index is 0.866. The molecule has 3 aliphatic heterocycles. The number of carbonyl (C=O) groups is 6. The molecule has 4 bridgehead atoms. The minimum Gasteiger partial charge on any atom is -0.339 e. The average Bonchev–Trinajstić information content (AvgIpc) is 3.76. The molecule has 4 aliphatic carbocycles. The summed E-state index contributed by atoms with van der Waals surface area (Å²) in [6.45, 7) is 1.75. The van der Waals surface area contributed by atoms with E-state index < -0.39 is 0 Å². The molecule has 10 nitrogen and oxygen atoms in total. The summed E-state index contributed by atoms with van der Waals surface area (Å²) in [6.07, 6.45) is 10.2. The summed E-state index contributed by atoms with van der Waals surface area (Å²) in [6, 6.07) is 0. The summed E-state index contributed by atoms with van der Waals surface area (Å²) < 4.78 is 0. The van der Waals surface area contributed by atoms with Crippen molar-refractivity contribution < 1.29 is 28.8 Å². The number of piperazine rings is 1. The highest BCUT2D eigenvalue weighted by Gasteiger charge is 2.60. The maximum Gasteiger partial charge on any atom is 0.233 e. The molecule has 200 valence electrons. The van der Waals surface area contributed by atoms with Crippen LogP contribution in [-0.2, 0) is 28.8 Å². The van der Waals surface area contributed by atoms with Gasteiger partial charge in [-0.25, -0.2) is 0 Å². The molecule has 10 heteroatoms. The van der Waals surface area contributed by atoms with Crippen molar-refractivity contribution in [1.82, 2.24) is 19.6 Å². The molecule has 3 heterocycles. The van der Waals surface area contributed by atoms with Crippen molar-refractivity contribution in [2.24, 2.45) is 47.3 Å². The number of nitrogens with zero attached hydrogens (tertiary/aromatic N) is 4. The number of likely N-dealkylation sites (tertiary alicyclic amines) is 2. The number of hydrogen-bond donors (Lipinski definition) is 0. The van der Waals surface area contributed by atoms with Gasteiger partial charge in [0.15, 0.2) is 0 Å². The summed E-state index contributed by atoms with van der Waals surface area (Å²) >= 11 is 0. The van der Waals surface area contributed by atoms with Gasteiger partial charge in [-0.1, -0.05) is 24.3 Å². The van der Waals surface area contributed by atoms with Crippen molar-refractivity contribution in [1.29, 1.82) is 0 Å². The summed E-state index contributed by atoms with van der Waals surface area (Å²) in [5.41, 5.74) is 0. The molecule has 0 aromatic rings. The van der Waals surface area contributed by atoms with Crippen LogP contribution in [0.4, 0.5) is 0 Å². The van der Waals surface area contributed by atoms with Gasteiger partial charge >= 0.3 is 0 Å². The number of fused-ring (bicyclic) bond motifs is 10. The van der Waals surface area contributed by atoms with Gasteiger partial charge in [-0.05, 0) is 36.5 Å². The Morgan fingerprint density at radius 1 is 0.553 bits per heavy atom. The van der Waals surface area contributed by atoms with E-state index in [-0.39, 0.29) is 109 Å². The Morgan fingerprint density at radius 3 is 1.13 bits per heavy atom. The van der Waals surface area contributed by atoms with Crippen LogP contribution in [0.1, 0.15) is 25.7 Å². The van der Waals surface area contributed by atoms with Crippen LogP contribution in [0, 0.1) is 47.3 Å². The first kappa shape index (κ1) is 23.8. The Bertz CT molecular complexity index is 1050. The summed E-state index contributed by atoms with van der Waals surface area (Å²) in [5, 5.41) is 0. The molecule has 0 spiro atoms. The third-order valence-electron chi connectivity index (χ3n) is 10.2. The smallest absolute Gasteiger partial charge is 0.233 e. The van der Waals surface area contributed by atoms with Gasteiger partial charge in [-0.2, -0.15) is 0 Å². The highest BCUT2D eigenvalue weighted by Crippen LogP contribution is 2.53. The SMILES string of the molecule is O=C(CCN1C(=O)[C@@H]2[C@@H](C1=O)[C@H]1C=C[C@@H]2C1)N1CCN(C(=O)CCN2C(=O)[C@@H]3[C@H](C2=O)[C@H]2C=C[C@H]3C2)CC1. The maximum absolute atomic E-state index is 12.8. The molecule has 6 amide bonds. The topological polar surface area (TPSA) is 115 Å². The van der Waals surface area contributed by atoms with Crippen LogP contribution in [0.2, 0.25) is 0 Å². The summed E-state index contributed by atoms with van der Waals surface area (Å²) in [5.74, 6) is -1.18. The quantitative estimate of drug-likeness (QED) is 0.361. The molecular formula is C28H32N4O6. The lowest BCUT2D eigenvalue weighted by atomic mass is 9.85. The summed E-state index contributed by atoms with van der Waals surface area (Å²) in [7, 11) is 0. The fourth-order valence-corrected chi connectivity index (χ4v) is 8.31. The fourth-order valence-electron chi connectivity index (χ4n) is 8.31. The Labute approximate surface area is 220 Å². The van der Waals surface area contributed by atoms with Crippen LogP contribution in [0.25, 0.3) is 0 Å². The van der Waals surface area contributed by atoms with Gasteiger partial charge < -0.3 is 9.80 Å². The van der Waals surface area contributed by atoms with Crippen molar-refractivity contribution in [2.75, 3.05) is 39.3 Å². The van der Waals surface area contributed by atoms with Crippen molar-refractivity contribution in [2.45, 2.75) is 25.7 Å². The van der Waals surface area contributed by atoms with Gasteiger partial charge in [0.2, 0.25) is 35.4 Å². The zero-order valence-electron chi connectivity index (χ0n) is 21.2. The van der Waals surface area contributed by atoms with Crippen molar-refractivity contribution in [3.8, 4) is 0 Å². The number of amides is 6. The van der Waals surface area contributed by atoms with Crippen LogP contribution < -0.4 is 0 Å². The summed E-state index contributed by atoms with van der Waals surface area (Å²) in [4.78, 5) is 82.9. The predicted molar refractivity (Wildman–Crippen MR) is 131 cm³/mol. The molecule has 8 atom stereocenters. The molecule has 7 aliphatic rings. The predicted octanol–water partition coefficient (Wildman–Crippen LogP) is 0.0516. The van der Waals surface area contributed by atoms with Crippen LogP contribution in [-0.4, -0.2) is 94.3 Å². The molecule has 0 unspecified atom stereocenters. The van der Waals surface area contributed by atoms with Gasteiger partial charge in [-0.15, -0.1) is 0 Å². The van der Waals surface area contributed by atoms with E-state index >= 15 is 0 Å².